The van der Waals surface area contributed by atoms with Crippen LogP contribution < -0.4 is 15.0 Å². The Hall–Kier alpha value is -2.14. The number of anilines is 1. The van der Waals surface area contributed by atoms with Gasteiger partial charge in [0.25, 0.3) is 0 Å². The second-order valence-electron chi connectivity index (χ2n) is 4.73. The van der Waals surface area contributed by atoms with Gasteiger partial charge in [-0.1, -0.05) is 18.2 Å². The Morgan fingerprint density at radius 3 is 2.45 bits per heavy atom. The van der Waals surface area contributed by atoms with Gasteiger partial charge >= 0.3 is 0 Å². The molecule has 1 aromatic carbocycles. The zero-order valence-electron chi connectivity index (χ0n) is 11.3. The molecule has 0 radical (unpaired) electrons. The summed E-state index contributed by atoms with van der Waals surface area (Å²) in [5.74, 6) is 1.66. The summed E-state index contributed by atoms with van der Waals surface area (Å²) in [7, 11) is 0. The minimum Gasteiger partial charge on any atom is -0.489 e. The van der Waals surface area contributed by atoms with Gasteiger partial charge in [0.2, 0.25) is 5.95 Å². The third-order valence-corrected chi connectivity index (χ3v) is 3.24. The van der Waals surface area contributed by atoms with Crippen LogP contribution in [0.15, 0.2) is 42.7 Å². The molecule has 2 heterocycles. The second kappa shape index (κ2) is 6.34. The highest BCUT2D eigenvalue weighted by atomic mass is 16.5. The molecule has 0 saturated carbocycles. The van der Waals surface area contributed by atoms with E-state index in [-0.39, 0.29) is 0 Å². The molecule has 5 heteroatoms. The van der Waals surface area contributed by atoms with E-state index in [2.05, 4.69) is 20.2 Å². The van der Waals surface area contributed by atoms with E-state index in [9.17, 15) is 0 Å². The Morgan fingerprint density at radius 1 is 1.05 bits per heavy atom. The number of nitrogens with one attached hydrogen (secondary N) is 1. The lowest BCUT2D eigenvalue weighted by atomic mass is 10.3. The van der Waals surface area contributed by atoms with Crippen LogP contribution in [0, 0.1) is 0 Å². The number of aromatic nitrogens is 2. The van der Waals surface area contributed by atoms with Gasteiger partial charge in [0.15, 0.2) is 0 Å². The van der Waals surface area contributed by atoms with Gasteiger partial charge in [0, 0.05) is 44.1 Å². The third kappa shape index (κ3) is 3.24. The maximum absolute atomic E-state index is 5.67. The highest BCUT2D eigenvalue weighted by Crippen LogP contribution is 2.12. The molecule has 1 aliphatic heterocycles. The van der Waals surface area contributed by atoms with Crippen LogP contribution in [0.3, 0.4) is 0 Å². The molecule has 1 saturated heterocycles. The molecule has 0 atom stereocenters. The second-order valence-corrected chi connectivity index (χ2v) is 4.73. The Morgan fingerprint density at radius 2 is 1.75 bits per heavy atom. The number of hydrogen-bond acceptors (Lipinski definition) is 5. The summed E-state index contributed by atoms with van der Waals surface area (Å²) < 4.78 is 5.67. The van der Waals surface area contributed by atoms with Gasteiger partial charge in [-0.3, -0.25) is 0 Å². The van der Waals surface area contributed by atoms with E-state index < -0.39 is 0 Å². The van der Waals surface area contributed by atoms with Gasteiger partial charge in [-0.15, -0.1) is 0 Å². The number of rotatable bonds is 4. The Labute approximate surface area is 118 Å². The summed E-state index contributed by atoms with van der Waals surface area (Å²) in [4.78, 5) is 11.0. The summed E-state index contributed by atoms with van der Waals surface area (Å²) in [5, 5.41) is 3.32. The van der Waals surface area contributed by atoms with Crippen LogP contribution in [0.1, 0.15) is 5.56 Å². The molecule has 0 unspecified atom stereocenters. The average molecular weight is 270 g/mol. The number of hydrogen-bond donors (Lipinski definition) is 1. The summed E-state index contributed by atoms with van der Waals surface area (Å²) in [5.41, 5.74) is 0.979. The van der Waals surface area contributed by atoms with Crippen molar-refractivity contribution in [1.29, 1.82) is 0 Å². The maximum atomic E-state index is 5.67. The highest BCUT2D eigenvalue weighted by Gasteiger charge is 2.12. The first-order valence-corrected chi connectivity index (χ1v) is 6.86. The van der Waals surface area contributed by atoms with Crippen LogP contribution >= 0.6 is 0 Å². The van der Waals surface area contributed by atoms with Crippen molar-refractivity contribution >= 4 is 5.95 Å². The van der Waals surface area contributed by atoms with E-state index in [4.69, 9.17) is 4.74 Å². The first kappa shape index (κ1) is 12.9. The number of para-hydroxylation sites is 1. The molecule has 3 rings (SSSR count). The molecule has 0 aliphatic carbocycles. The van der Waals surface area contributed by atoms with E-state index in [1.165, 1.54) is 0 Å². The quantitative estimate of drug-likeness (QED) is 0.911. The van der Waals surface area contributed by atoms with Crippen LogP contribution in [0.25, 0.3) is 0 Å². The Balaban J connectivity index is 1.58. The molecule has 104 valence electrons. The molecule has 1 aromatic heterocycles. The fraction of sp³-hybridized carbons (Fsp3) is 0.333. The van der Waals surface area contributed by atoms with E-state index >= 15 is 0 Å². The SMILES string of the molecule is c1ccc(OCc2cnc(N3CCNCC3)nc2)cc1. The van der Waals surface area contributed by atoms with E-state index in [0.717, 1.165) is 43.4 Å². The summed E-state index contributed by atoms with van der Waals surface area (Å²) in [6.45, 7) is 4.38. The number of benzene rings is 1. The zero-order valence-corrected chi connectivity index (χ0v) is 11.3. The summed E-state index contributed by atoms with van der Waals surface area (Å²) >= 11 is 0. The van der Waals surface area contributed by atoms with Gasteiger partial charge in [0.1, 0.15) is 12.4 Å². The lowest BCUT2D eigenvalue weighted by molar-refractivity contribution is 0.305. The maximum Gasteiger partial charge on any atom is 0.225 e. The summed E-state index contributed by atoms with van der Waals surface area (Å²) in [6, 6.07) is 9.77. The average Bonchev–Trinajstić information content (AvgIpc) is 2.55. The van der Waals surface area contributed by atoms with E-state index in [1.54, 1.807) is 0 Å². The van der Waals surface area contributed by atoms with Crippen molar-refractivity contribution in [2.75, 3.05) is 31.1 Å². The predicted molar refractivity (Wildman–Crippen MR) is 77.9 cm³/mol. The first-order valence-electron chi connectivity index (χ1n) is 6.86. The predicted octanol–water partition coefficient (Wildman–Crippen LogP) is 1.47. The zero-order chi connectivity index (χ0) is 13.6. The van der Waals surface area contributed by atoms with Crippen LogP contribution in [-0.2, 0) is 6.61 Å². The summed E-state index contributed by atoms with van der Waals surface area (Å²) in [6.07, 6.45) is 3.68. The molecule has 0 bridgehead atoms. The molecule has 5 nitrogen and oxygen atoms in total. The minimum absolute atomic E-state index is 0.492. The molecule has 20 heavy (non-hydrogen) atoms. The fourth-order valence-corrected chi connectivity index (χ4v) is 2.13. The van der Waals surface area contributed by atoms with Crippen LogP contribution in [0.4, 0.5) is 5.95 Å². The van der Waals surface area contributed by atoms with Gasteiger partial charge in [-0.05, 0) is 12.1 Å². The van der Waals surface area contributed by atoms with Gasteiger partial charge in [-0.25, -0.2) is 9.97 Å². The number of ether oxygens (including phenoxy) is 1. The molecule has 1 fully saturated rings. The standard InChI is InChI=1S/C15H18N4O/c1-2-4-14(5-3-1)20-12-13-10-17-15(18-11-13)19-8-6-16-7-9-19/h1-5,10-11,16H,6-9,12H2. The van der Waals surface area contributed by atoms with Crippen molar-refractivity contribution < 1.29 is 4.74 Å². The Kier molecular flexibility index (Phi) is 4.08. The van der Waals surface area contributed by atoms with Gasteiger partial charge in [-0.2, -0.15) is 0 Å². The van der Waals surface area contributed by atoms with Crippen molar-refractivity contribution in [3.63, 3.8) is 0 Å². The van der Waals surface area contributed by atoms with Crippen molar-refractivity contribution in [3.8, 4) is 5.75 Å². The van der Waals surface area contributed by atoms with Crippen LogP contribution in [0.2, 0.25) is 0 Å². The van der Waals surface area contributed by atoms with Crippen LogP contribution in [0.5, 0.6) is 5.75 Å². The molecule has 0 spiro atoms. The number of nitrogens with zero attached hydrogens (tertiary/aromatic N) is 3. The monoisotopic (exact) mass is 270 g/mol. The molecule has 2 aromatic rings. The molecule has 0 amide bonds. The van der Waals surface area contributed by atoms with Crippen molar-refractivity contribution in [2.24, 2.45) is 0 Å². The highest BCUT2D eigenvalue weighted by molar-refractivity contribution is 5.30. The fourth-order valence-electron chi connectivity index (χ4n) is 2.13. The molecule has 1 N–H and O–H groups in total. The van der Waals surface area contributed by atoms with Crippen molar-refractivity contribution in [1.82, 2.24) is 15.3 Å². The molecular weight excluding hydrogens is 252 g/mol. The van der Waals surface area contributed by atoms with Gasteiger partial charge in [0.05, 0.1) is 0 Å². The largest absolute Gasteiger partial charge is 0.489 e. The normalized spacial score (nSPS) is 15.1. The van der Waals surface area contributed by atoms with Crippen molar-refractivity contribution in [2.45, 2.75) is 6.61 Å². The third-order valence-electron chi connectivity index (χ3n) is 3.24. The van der Waals surface area contributed by atoms with E-state index in [0.29, 0.717) is 6.61 Å². The molecular formula is C15H18N4O. The molecule has 1 aliphatic rings. The van der Waals surface area contributed by atoms with E-state index in [1.807, 2.05) is 42.7 Å². The number of piperazine rings is 1. The topological polar surface area (TPSA) is 50.3 Å². The first-order chi connectivity index (χ1) is 9.92. The van der Waals surface area contributed by atoms with Crippen molar-refractivity contribution in [3.05, 3.63) is 48.3 Å². The minimum atomic E-state index is 0.492. The van der Waals surface area contributed by atoms with Gasteiger partial charge < -0.3 is 15.0 Å². The van der Waals surface area contributed by atoms with Crippen LogP contribution in [-0.4, -0.2) is 36.1 Å². The lowest BCUT2D eigenvalue weighted by Crippen LogP contribution is -2.44. The lowest BCUT2D eigenvalue weighted by Gasteiger charge is -2.27. The Bertz CT molecular complexity index is 523. The smallest absolute Gasteiger partial charge is 0.225 e.